The Kier molecular flexibility index (Phi) is 3.13. The van der Waals surface area contributed by atoms with E-state index in [4.69, 9.17) is 4.52 Å². The summed E-state index contributed by atoms with van der Waals surface area (Å²) in [5, 5.41) is 13.1. The van der Waals surface area contributed by atoms with E-state index in [2.05, 4.69) is 9.89 Å². The van der Waals surface area contributed by atoms with E-state index in [-0.39, 0.29) is 0 Å². The third-order valence-corrected chi connectivity index (χ3v) is 2.51. The smallest absolute Gasteiger partial charge is 0.504 e. The zero-order valence-electron chi connectivity index (χ0n) is 10.1. The van der Waals surface area contributed by atoms with Crippen LogP contribution in [0.4, 0.5) is 13.2 Å². The van der Waals surface area contributed by atoms with Gasteiger partial charge in [-0.25, -0.2) is 0 Å². The number of aromatic nitrogens is 1. The summed E-state index contributed by atoms with van der Waals surface area (Å²) < 4.78 is 45.3. The minimum absolute atomic E-state index is 0.424. The topological polar surface area (TPSA) is 55.5 Å². The summed E-state index contributed by atoms with van der Waals surface area (Å²) in [6.45, 7) is 3.31. The molecule has 0 amide bonds. The summed E-state index contributed by atoms with van der Waals surface area (Å²) in [5.74, 6) is -0.779. The Morgan fingerprint density at radius 1 is 1.26 bits per heavy atom. The second-order valence-electron chi connectivity index (χ2n) is 3.93. The van der Waals surface area contributed by atoms with Crippen LogP contribution in [-0.2, 0) is 0 Å². The Morgan fingerprint density at radius 3 is 2.47 bits per heavy atom. The molecule has 1 aromatic heterocycles. The molecular formula is C12H10F3NO3. The van der Waals surface area contributed by atoms with Crippen LogP contribution in [0, 0.1) is 13.8 Å². The van der Waals surface area contributed by atoms with Gasteiger partial charge in [0, 0.05) is 5.56 Å². The maximum absolute atomic E-state index is 12.2. The van der Waals surface area contributed by atoms with Gasteiger partial charge >= 0.3 is 6.36 Å². The summed E-state index contributed by atoms with van der Waals surface area (Å²) in [7, 11) is 0. The van der Waals surface area contributed by atoms with Gasteiger partial charge in [-0.2, -0.15) is 0 Å². The summed E-state index contributed by atoms with van der Waals surface area (Å²) in [6, 6.07) is 3.68. The maximum Gasteiger partial charge on any atom is 0.573 e. The number of alkyl halides is 3. The second-order valence-corrected chi connectivity index (χ2v) is 3.93. The number of hydrogen-bond donors (Lipinski definition) is 1. The van der Waals surface area contributed by atoms with Crippen LogP contribution in [-0.4, -0.2) is 16.6 Å². The first-order valence-corrected chi connectivity index (χ1v) is 5.30. The van der Waals surface area contributed by atoms with E-state index in [1.54, 1.807) is 13.8 Å². The van der Waals surface area contributed by atoms with Crippen molar-refractivity contribution in [1.29, 1.82) is 0 Å². The van der Waals surface area contributed by atoms with Crippen LogP contribution in [0.5, 0.6) is 11.5 Å². The number of hydrogen-bond acceptors (Lipinski definition) is 4. The normalized spacial score (nSPS) is 11.6. The molecule has 0 radical (unpaired) electrons. The maximum atomic E-state index is 12.2. The molecule has 2 rings (SSSR count). The molecule has 0 bridgehead atoms. The Hall–Kier alpha value is -2.18. The molecular weight excluding hydrogens is 263 g/mol. The van der Waals surface area contributed by atoms with Crippen LogP contribution < -0.4 is 4.74 Å². The number of phenols is 1. The lowest BCUT2D eigenvalue weighted by Crippen LogP contribution is -2.17. The van der Waals surface area contributed by atoms with Gasteiger partial charge in [-0.15, -0.1) is 13.2 Å². The third kappa shape index (κ3) is 2.81. The number of phenolic OH excluding ortho intramolecular Hbond substituents is 1. The molecule has 0 saturated carbocycles. The molecule has 0 saturated heterocycles. The molecule has 1 N–H and O–H groups in total. The Bertz CT molecular complexity index is 585. The van der Waals surface area contributed by atoms with Gasteiger partial charge in [0.05, 0.1) is 5.69 Å². The van der Waals surface area contributed by atoms with Gasteiger partial charge in [-0.1, -0.05) is 11.2 Å². The fourth-order valence-electron chi connectivity index (χ4n) is 1.77. The van der Waals surface area contributed by atoms with E-state index >= 15 is 0 Å². The highest BCUT2D eigenvalue weighted by Crippen LogP contribution is 2.36. The zero-order valence-corrected chi connectivity index (χ0v) is 10.1. The van der Waals surface area contributed by atoms with Gasteiger partial charge in [0.15, 0.2) is 11.5 Å². The zero-order chi connectivity index (χ0) is 14.2. The second kappa shape index (κ2) is 4.49. The highest BCUT2D eigenvalue weighted by molar-refractivity contribution is 5.70. The highest BCUT2D eigenvalue weighted by Gasteiger charge is 2.32. The van der Waals surface area contributed by atoms with E-state index < -0.39 is 17.9 Å². The van der Waals surface area contributed by atoms with Gasteiger partial charge in [0.1, 0.15) is 5.76 Å². The predicted octanol–water partition coefficient (Wildman–Crippen LogP) is 3.56. The quantitative estimate of drug-likeness (QED) is 0.908. The molecule has 0 atom stereocenters. The fraction of sp³-hybridized carbons (Fsp3) is 0.250. The minimum Gasteiger partial charge on any atom is -0.504 e. The summed E-state index contributed by atoms with van der Waals surface area (Å²) in [5.41, 5.74) is 1.54. The van der Waals surface area contributed by atoms with E-state index in [0.29, 0.717) is 22.6 Å². The monoisotopic (exact) mass is 273 g/mol. The molecule has 1 heterocycles. The van der Waals surface area contributed by atoms with Gasteiger partial charge in [0.25, 0.3) is 0 Å². The lowest BCUT2D eigenvalue weighted by atomic mass is 10.0. The van der Waals surface area contributed by atoms with Crippen LogP contribution >= 0.6 is 0 Å². The number of ether oxygens (including phenoxy) is 1. The van der Waals surface area contributed by atoms with E-state index in [9.17, 15) is 18.3 Å². The molecule has 0 fully saturated rings. The lowest BCUT2D eigenvalue weighted by molar-refractivity contribution is -0.275. The van der Waals surface area contributed by atoms with Gasteiger partial charge in [-0.3, -0.25) is 0 Å². The number of halogens is 3. The van der Waals surface area contributed by atoms with Crippen LogP contribution in [0.2, 0.25) is 0 Å². The molecule has 7 heteroatoms. The first-order valence-electron chi connectivity index (χ1n) is 5.30. The number of aryl methyl sites for hydroxylation is 2. The van der Waals surface area contributed by atoms with E-state index in [1.807, 2.05) is 0 Å². The average molecular weight is 273 g/mol. The SMILES string of the molecule is Cc1noc(C)c1-c1ccc(O)c(OC(F)(F)F)c1. The number of nitrogens with zero attached hydrogens (tertiary/aromatic N) is 1. The van der Waals surface area contributed by atoms with Crippen LogP contribution in [0.1, 0.15) is 11.5 Å². The highest BCUT2D eigenvalue weighted by atomic mass is 19.4. The summed E-state index contributed by atoms with van der Waals surface area (Å²) in [4.78, 5) is 0. The van der Waals surface area contributed by atoms with Crippen LogP contribution in [0.15, 0.2) is 22.7 Å². The summed E-state index contributed by atoms with van der Waals surface area (Å²) in [6.07, 6.45) is -4.87. The molecule has 4 nitrogen and oxygen atoms in total. The van der Waals surface area contributed by atoms with Crippen molar-refractivity contribution in [2.75, 3.05) is 0 Å². The standard InChI is InChI=1S/C12H10F3NO3/c1-6-11(7(2)19-16-6)8-3-4-9(17)10(5-8)18-12(13,14)15/h3-5,17H,1-2H3. The van der Waals surface area contributed by atoms with Crippen molar-refractivity contribution in [3.8, 4) is 22.6 Å². The average Bonchev–Trinajstić information content (AvgIpc) is 2.60. The number of aromatic hydroxyl groups is 1. The van der Waals surface area contributed by atoms with Crippen molar-refractivity contribution >= 4 is 0 Å². The molecule has 1 aromatic carbocycles. The number of rotatable bonds is 2. The van der Waals surface area contributed by atoms with Gasteiger partial charge in [0.2, 0.25) is 0 Å². The Balaban J connectivity index is 2.47. The molecule has 2 aromatic rings. The lowest BCUT2D eigenvalue weighted by Gasteiger charge is -2.11. The number of benzene rings is 1. The van der Waals surface area contributed by atoms with Crippen molar-refractivity contribution in [1.82, 2.24) is 5.16 Å². The first-order chi connectivity index (χ1) is 8.78. The van der Waals surface area contributed by atoms with Crippen LogP contribution in [0.3, 0.4) is 0 Å². The van der Waals surface area contributed by atoms with Gasteiger partial charge in [-0.05, 0) is 31.5 Å². The van der Waals surface area contributed by atoms with Gasteiger partial charge < -0.3 is 14.4 Å². The minimum atomic E-state index is -4.87. The largest absolute Gasteiger partial charge is 0.573 e. The summed E-state index contributed by atoms with van der Waals surface area (Å²) >= 11 is 0. The van der Waals surface area contributed by atoms with Crippen molar-refractivity contribution in [3.05, 3.63) is 29.7 Å². The molecule has 102 valence electrons. The molecule has 0 unspecified atom stereocenters. The van der Waals surface area contributed by atoms with Crippen LogP contribution in [0.25, 0.3) is 11.1 Å². The molecule has 19 heavy (non-hydrogen) atoms. The fourth-order valence-corrected chi connectivity index (χ4v) is 1.77. The Labute approximate surface area is 106 Å². The van der Waals surface area contributed by atoms with E-state index in [0.717, 1.165) is 12.1 Å². The van der Waals surface area contributed by atoms with Crippen molar-refractivity contribution < 1.29 is 27.5 Å². The molecule has 0 aliphatic heterocycles. The van der Waals surface area contributed by atoms with Crippen molar-refractivity contribution in [2.24, 2.45) is 0 Å². The molecule has 0 spiro atoms. The Morgan fingerprint density at radius 2 is 1.95 bits per heavy atom. The van der Waals surface area contributed by atoms with E-state index in [1.165, 1.54) is 6.07 Å². The molecule has 0 aliphatic rings. The predicted molar refractivity (Wildman–Crippen MR) is 59.8 cm³/mol. The van der Waals surface area contributed by atoms with Crippen molar-refractivity contribution in [2.45, 2.75) is 20.2 Å². The first kappa shape index (κ1) is 13.3. The molecule has 0 aliphatic carbocycles. The third-order valence-electron chi connectivity index (χ3n) is 2.51. The van der Waals surface area contributed by atoms with Crippen molar-refractivity contribution in [3.63, 3.8) is 0 Å².